The highest BCUT2D eigenvalue weighted by molar-refractivity contribution is 5.97. The Morgan fingerprint density at radius 1 is 0.909 bits per heavy atom. The maximum Gasteiger partial charge on any atom is 0.325 e. The first-order chi connectivity index (χ1) is 16.1. The van der Waals surface area contributed by atoms with Gasteiger partial charge in [-0.05, 0) is 35.4 Å². The molecule has 1 aliphatic heterocycles. The van der Waals surface area contributed by atoms with E-state index in [4.69, 9.17) is 9.47 Å². The number of urea groups is 1. The van der Waals surface area contributed by atoms with Gasteiger partial charge in [-0.25, -0.2) is 4.79 Å². The van der Waals surface area contributed by atoms with E-state index in [0.29, 0.717) is 37.7 Å². The van der Waals surface area contributed by atoms with Crippen LogP contribution in [0.15, 0.2) is 78.9 Å². The minimum absolute atomic E-state index is 0.0166. The molecule has 0 aliphatic carbocycles. The first-order valence-electron chi connectivity index (χ1n) is 10.9. The Bertz CT molecular complexity index is 1090. The zero-order chi connectivity index (χ0) is 23.0. The van der Waals surface area contributed by atoms with Crippen LogP contribution in [0.4, 0.5) is 10.5 Å². The number of para-hydroxylation sites is 2. The second-order valence-electron chi connectivity index (χ2n) is 7.72. The molecule has 1 aliphatic rings. The maximum absolute atomic E-state index is 12.8. The number of rotatable bonds is 9. The molecule has 0 unspecified atom stereocenters. The van der Waals surface area contributed by atoms with Gasteiger partial charge in [-0.15, -0.1) is 0 Å². The van der Waals surface area contributed by atoms with Crippen molar-refractivity contribution in [2.75, 3.05) is 31.6 Å². The Morgan fingerprint density at radius 3 is 2.39 bits per heavy atom. The summed E-state index contributed by atoms with van der Waals surface area (Å²) in [5.74, 6) is 1.20. The molecule has 4 rings (SSSR count). The lowest BCUT2D eigenvalue weighted by atomic mass is 10.2. The molecule has 0 radical (unpaired) electrons. The van der Waals surface area contributed by atoms with Gasteiger partial charge in [0.05, 0.1) is 12.8 Å². The number of ether oxygens (including phenoxy) is 2. The predicted molar refractivity (Wildman–Crippen MR) is 126 cm³/mol. The summed E-state index contributed by atoms with van der Waals surface area (Å²) in [5, 5.41) is 2.88. The number of hydrogen-bond acceptors (Lipinski definition) is 4. The predicted octanol–water partition coefficient (Wildman–Crippen LogP) is 3.83. The Balaban J connectivity index is 1.24. The monoisotopic (exact) mass is 445 g/mol. The third-order valence-corrected chi connectivity index (χ3v) is 5.47. The molecule has 1 saturated heterocycles. The number of nitrogens with one attached hydrogen (secondary N) is 1. The van der Waals surface area contributed by atoms with Gasteiger partial charge in [-0.1, -0.05) is 54.6 Å². The Morgan fingerprint density at radius 2 is 1.64 bits per heavy atom. The quantitative estimate of drug-likeness (QED) is 0.543. The second-order valence-corrected chi connectivity index (χ2v) is 7.72. The van der Waals surface area contributed by atoms with Gasteiger partial charge in [-0.3, -0.25) is 9.69 Å². The molecule has 7 nitrogen and oxygen atoms in total. The van der Waals surface area contributed by atoms with E-state index in [1.807, 2.05) is 78.9 Å². The van der Waals surface area contributed by atoms with Crippen LogP contribution in [-0.4, -0.2) is 43.6 Å². The second kappa shape index (κ2) is 10.5. The molecule has 0 aromatic heterocycles. The lowest BCUT2D eigenvalue weighted by Gasteiger charge is -2.20. The van der Waals surface area contributed by atoms with Crippen LogP contribution >= 0.6 is 0 Å². The number of anilines is 1. The van der Waals surface area contributed by atoms with Gasteiger partial charge in [-0.2, -0.15) is 0 Å². The number of amides is 3. The summed E-state index contributed by atoms with van der Waals surface area (Å²) in [5.41, 5.74) is 2.77. The van der Waals surface area contributed by atoms with Crippen LogP contribution in [0, 0.1) is 0 Å². The molecule has 3 amide bonds. The van der Waals surface area contributed by atoms with E-state index in [1.165, 1.54) is 0 Å². The highest BCUT2D eigenvalue weighted by atomic mass is 16.5. The standard InChI is InChI=1S/C26H27N3O4/c1-32-24-10-6-5-9-23(24)29-16-15-28(26(29)31)18-25(30)27-17-20-11-13-22(14-12-20)33-19-21-7-3-2-4-8-21/h2-14H,15-19H2,1H3,(H,27,30). The van der Waals surface area contributed by atoms with Crippen molar-refractivity contribution in [3.8, 4) is 11.5 Å². The summed E-state index contributed by atoms with van der Waals surface area (Å²) in [6, 6.07) is 24.8. The summed E-state index contributed by atoms with van der Waals surface area (Å²) in [6.45, 7) is 1.90. The zero-order valence-electron chi connectivity index (χ0n) is 18.6. The smallest absolute Gasteiger partial charge is 0.325 e. The summed E-state index contributed by atoms with van der Waals surface area (Å²) in [6.07, 6.45) is 0. The molecule has 1 heterocycles. The normalized spacial score (nSPS) is 13.2. The Hall–Kier alpha value is -4.00. The summed E-state index contributed by atoms with van der Waals surface area (Å²) >= 11 is 0. The molecule has 0 saturated carbocycles. The van der Waals surface area contributed by atoms with Crippen molar-refractivity contribution >= 4 is 17.6 Å². The van der Waals surface area contributed by atoms with Gasteiger partial charge in [0.2, 0.25) is 5.91 Å². The van der Waals surface area contributed by atoms with Crippen LogP contribution in [0.3, 0.4) is 0 Å². The summed E-state index contributed by atoms with van der Waals surface area (Å²) in [4.78, 5) is 28.4. The van der Waals surface area contributed by atoms with Crippen molar-refractivity contribution in [2.45, 2.75) is 13.2 Å². The molecule has 0 atom stereocenters. The lowest BCUT2D eigenvalue weighted by Crippen LogP contribution is -2.39. The molecule has 170 valence electrons. The fourth-order valence-electron chi connectivity index (χ4n) is 3.68. The SMILES string of the molecule is COc1ccccc1N1CCN(CC(=O)NCc2ccc(OCc3ccccc3)cc2)C1=O. The topological polar surface area (TPSA) is 71.1 Å². The Labute approximate surface area is 193 Å². The van der Waals surface area contributed by atoms with E-state index in [2.05, 4.69) is 5.32 Å². The first-order valence-corrected chi connectivity index (χ1v) is 10.9. The van der Waals surface area contributed by atoms with Crippen LogP contribution in [-0.2, 0) is 17.9 Å². The van der Waals surface area contributed by atoms with Gasteiger partial charge >= 0.3 is 6.03 Å². The van der Waals surface area contributed by atoms with Gasteiger partial charge in [0.25, 0.3) is 0 Å². The molecule has 7 heteroatoms. The van der Waals surface area contributed by atoms with E-state index in [1.54, 1.807) is 16.9 Å². The fraction of sp³-hybridized carbons (Fsp3) is 0.231. The highest BCUT2D eigenvalue weighted by Crippen LogP contribution is 2.30. The third-order valence-electron chi connectivity index (χ3n) is 5.47. The number of hydrogen-bond donors (Lipinski definition) is 1. The molecule has 0 spiro atoms. The van der Waals surface area contributed by atoms with E-state index in [0.717, 1.165) is 16.9 Å². The van der Waals surface area contributed by atoms with Crippen LogP contribution in [0.25, 0.3) is 0 Å². The third kappa shape index (κ3) is 5.63. The van der Waals surface area contributed by atoms with E-state index < -0.39 is 0 Å². The lowest BCUT2D eigenvalue weighted by molar-refractivity contribution is -0.121. The minimum Gasteiger partial charge on any atom is -0.495 e. The van der Waals surface area contributed by atoms with Crippen molar-refractivity contribution < 1.29 is 19.1 Å². The van der Waals surface area contributed by atoms with Gasteiger partial charge in [0.1, 0.15) is 24.7 Å². The number of nitrogens with zero attached hydrogens (tertiary/aromatic N) is 2. The van der Waals surface area contributed by atoms with Crippen LogP contribution < -0.4 is 19.7 Å². The molecule has 3 aromatic carbocycles. The van der Waals surface area contributed by atoms with Crippen LogP contribution in [0.1, 0.15) is 11.1 Å². The highest BCUT2D eigenvalue weighted by Gasteiger charge is 2.32. The summed E-state index contributed by atoms with van der Waals surface area (Å²) in [7, 11) is 1.58. The van der Waals surface area contributed by atoms with Crippen molar-refractivity contribution in [1.82, 2.24) is 10.2 Å². The molecule has 33 heavy (non-hydrogen) atoms. The number of methoxy groups -OCH3 is 1. The van der Waals surface area contributed by atoms with E-state index >= 15 is 0 Å². The minimum atomic E-state index is -0.199. The van der Waals surface area contributed by atoms with Gasteiger partial charge in [0.15, 0.2) is 0 Å². The average Bonchev–Trinajstić information content (AvgIpc) is 3.22. The van der Waals surface area contributed by atoms with Crippen molar-refractivity contribution in [1.29, 1.82) is 0 Å². The van der Waals surface area contributed by atoms with Crippen molar-refractivity contribution in [3.63, 3.8) is 0 Å². The largest absolute Gasteiger partial charge is 0.495 e. The van der Waals surface area contributed by atoms with Crippen molar-refractivity contribution in [3.05, 3.63) is 90.0 Å². The fourth-order valence-corrected chi connectivity index (χ4v) is 3.68. The van der Waals surface area contributed by atoms with Gasteiger partial charge in [0, 0.05) is 19.6 Å². The van der Waals surface area contributed by atoms with E-state index in [-0.39, 0.29) is 18.5 Å². The zero-order valence-corrected chi connectivity index (χ0v) is 18.6. The molecular weight excluding hydrogens is 418 g/mol. The molecule has 1 N–H and O–H groups in total. The summed E-state index contributed by atoms with van der Waals surface area (Å²) < 4.78 is 11.1. The molecule has 0 bridgehead atoms. The van der Waals surface area contributed by atoms with Crippen molar-refractivity contribution in [2.24, 2.45) is 0 Å². The van der Waals surface area contributed by atoms with Crippen LogP contribution in [0.5, 0.6) is 11.5 Å². The average molecular weight is 446 g/mol. The first kappa shape index (κ1) is 22.2. The van der Waals surface area contributed by atoms with E-state index in [9.17, 15) is 9.59 Å². The Kier molecular flexibility index (Phi) is 7.09. The maximum atomic E-state index is 12.8. The molecular formula is C26H27N3O4. The van der Waals surface area contributed by atoms with Gasteiger partial charge < -0.3 is 19.7 Å². The number of carbonyl (C=O) groups is 2. The molecule has 3 aromatic rings. The molecule has 1 fully saturated rings. The van der Waals surface area contributed by atoms with Crippen LogP contribution in [0.2, 0.25) is 0 Å². The number of carbonyl (C=O) groups excluding carboxylic acids is 2. The number of benzene rings is 3.